The second-order valence-electron chi connectivity index (χ2n) is 4.56. The second kappa shape index (κ2) is 5.14. The van der Waals surface area contributed by atoms with Gasteiger partial charge in [-0.2, -0.15) is 0 Å². The van der Waals surface area contributed by atoms with Crippen molar-refractivity contribution in [2.24, 2.45) is 0 Å². The van der Waals surface area contributed by atoms with Crippen molar-refractivity contribution in [2.75, 3.05) is 38.2 Å². The summed E-state index contributed by atoms with van der Waals surface area (Å²) in [6.07, 6.45) is 1.64. The molecular formula is C11H20N4O. The minimum absolute atomic E-state index is 0.467. The van der Waals surface area contributed by atoms with Gasteiger partial charge >= 0.3 is 0 Å². The van der Waals surface area contributed by atoms with Crippen LogP contribution < -0.4 is 11.1 Å². The van der Waals surface area contributed by atoms with Crippen molar-refractivity contribution in [3.63, 3.8) is 0 Å². The van der Waals surface area contributed by atoms with Gasteiger partial charge in [-0.3, -0.25) is 0 Å². The van der Waals surface area contributed by atoms with Crippen LogP contribution in [0.3, 0.4) is 0 Å². The highest BCUT2D eigenvalue weighted by Crippen LogP contribution is 2.11. The van der Waals surface area contributed by atoms with Crippen LogP contribution in [0.15, 0.2) is 18.3 Å². The van der Waals surface area contributed by atoms with Gasteiger partial charge in [0.25, 0.3) is 0 Å². The van der Waals surface area contributed by atoms with Crippen LogP contribution in [0.25, 0.3) is 0 Å². The SMILES string of the molecule is CN(C)CC(C)(O)CNc1ccnc(N)c1. The Morgan fingerprint density at radius 2 is 2.25 bits per heavy atom. The summed E-state index contributed by atoms with van der Waals surface area (Å²) < 4.78 is 0. The topological polar surface area (TPSA) is 74.4 Å². The number of likely N-dealkylation sites (N-methyl/N-ethyl adjacent to an activating group) is 1. The number of nitrogens with two attached hydrogens (primary N) is 1. The number of hydrogen-bond donors (Lipinski definition) is 3. The summed E-state index contributed by atoms with van der Waals surface area (Å²) in [6.45, 7) is 2.86. The number of aromatic nitrogens is 1. The summed E-state index contributed by atoms with van der Waals surface area (Å²) in [5.41, 5.74) is 5.65. The predicted molar refractivity (Wildman–Crippen MR) is 66.3 cm³/mol. The van der Waals surface area contributed by atoms with Crippen molar-refractivity contribution >= 4 is 11.5 Å². The molecule has 0 spiro atoms. The highest BCUT2D eigenvalue weighted by molar-refractivity contribution is 5.49. The molecule has 0 aromatic carbocycles. The van der Waals surface area contributed by atoms with Crippen LogP contribution in [0.4, 0.5) is 11.5 Å². The molecule has 0 bridgehead atoms. The predicted octanol–water partition coefficient (Wildman–Crippen LogP) is 0.388. The molecule has 4 N–H and O–H groups in total. The minimum atomic E-state index is -0.776. The molecule has 5 nitrogen and oxygen atoms in total. The van der Waals surface area contributed by atoms with Crippen LogP contribution in [0.1, 0.15) is 6.92 Å². The fraction of sp³-hybridized carbons (Fsp3) is 0.545. The number of rotatable bonds is 5. The summed E-state index contributed by atoms with van der Waals surface area (Å²) in [5.74, 6) is 0.470. The van der Waals surface area contributed by atoms with Crippen LogP contribution in [0.5, 0.6) is 0 Å². The molecule has 1 unspecified atom stereocenters. The maximum Gasteiger partial charge on any atom is 0.125 e. The molecule has 1 rings (SSSR count). The molecular weight excluding hydrogens is 204 g/mol. The van der Waals surface area contributed by atoms with E-state index < -0.39 is 5.60 Å². The van der Waals surface area contributed by atoms with Gasteiger partial charge in [0.2, 0.25) is 0 Å². The highest BCUT2D eigenvalue weighted by atomic mass is 16.3. The third kappa shape index (κ3) is 4.46. The van der Waals surface area contributed by atoms with E-state index in [4.69, 9.17) is 5.73 Å². The third-order valence-corrected chi connectivity index (χ3v) is 2.11. The molecule has 0 radical (unpaired) electrons. The highest BCUT2D eigenvalue weighted by Gasteiger charge is 2.20. The van der Waals surface area contributed by atoms with Gasteiger partial charge in [-0.05, 0) is 27.1 Å². The smallest absolute Gasteiger partial charge is 0.125 e. The lowest BCUT2D eigenvalue weighted by Crippen LogP contribution is -2.43. The molecule has 0 amide bonds. The Balaban J connectivity index is 2.50. The first-order chi connectivity index (χ1) is 7.39. The average molecular weight is 224 g/mol. The number of nitrogens with zero attached hydrogens (tertiary/aromatic N) is 2. The van der Waals surface area contributed by atoms with Crippen LogP contribution >= 0.6 is 0 Å². The number of aliphatic hydroxyl groups is 1. The lowest BCUT2D eigenvalue weighted by atomic mass is 10.1. The molecule has 5 heteroatoms. The van der Waals surface area contributed by atoms with E-state index in [0.29, 0.717) is 18.9 Å². The van der Waals surface area contributed by atoms with Crippen molar-refractivity contribution < 1.29 is 5.11 Å². The first-order valence-corrected chi connectivity index (χ1v) is 5.21. The van der Waals surface area contributed by atoms with E-state index in [1.807, 2.05) is 25.1 Å². The standard InChI is InChI=1S/C11H20N4O/c1-11(16,8-15(2)3)7-14-9-4-5-13-10(12)6-9/h4-6,16H,7-8H2,1-3H3,(H3,12,13,14). The van der Waals surface area contributed by atoms with Gasteiger partial charge in [-0.15, -0.1) is 0 Å². The van der Waals surface area contributed by atoms with Crippen molar-refractivity contribution in [1.82, 2.24) is 9.88 Å². The molecule has 1 heterocycles. The van der Waals surface area contributed by atoms with E-state index in [1.165, 1.54) is 0 Å². The molecule has 0 aliphatic heterocycles. The molecule has 1 aromatic heterocycles. The van der Waals surface area contributed by atoms with Gasteiger partial charge in [-0.1, -0.05) is 0 Å². The van der Waals surface area contributed by atoms with Gasteiger partial charge in [0.05, 0.1) is 5.60 Å². The molecule has 1 aromatic rings. The van der Waals surface area contributed by atoms with E-state index in [2.05, 4.69) is 10.3 Å². The first-order valence-electron chi connectivity index (χ1n) is 5.21. The lowest BCUT2D eigenvalue weighted by Gasteiger charge is -2.27. The summed E-state index contributed by atoms with van der Waals surface area (Å²) in [5, 5.41) is 13.2. The molecule has 16 heavy (non-hydrogen) atoms. The zero-order valence-electron chi connectivity index (χ0n) is 10.1. The fourth-order valence-electron chi connectivity index (χ4n) is 1.59. The molecule has 1 atom stereocenters. The van der Waals surface area contributed by atoms with E-state index in [-0.39, 0.29) is 0 Å². The van der Waals surface area contributed by atoms with Crippen LogP contribution in [-0.2, 0) is 0 Å². The monoisotopic (exact) mass is 224 g/mol. The zero-order valence-corrected chi connectivity index (χ0v) is 10.1. The van der Waals surface area contributed by atoms with Crippen LogP contribution in [0.2, 0.25) is 0 Å². The maximum absolute atomic E-state index is 10.1. The van der Waals surface area contributed by atoms with Crippen molar-refractivity contribution in [3.8, 4) is 0 Å². The largest absolute Gasteiger partial charge is 0.387 e. The van der Waals surface area contributed by atoms with Crippen LogP contribution in [0, 0.1) is 0 Å². The Labute approximate surface area is 96.3 Å². The number of anilines is 2. The Morgan fingerprint density at radius 1 is 1.56 bits per heavy atom. The summed E-state index contributed by atoms with van der Waals surface area (Å²) in [6, 6.07) is 3.56. The van der Waals surface area contributed by atoms with Crippen LogP contribution in [-0.4, -0.2) is 47.8 Å². The summed E-state index contributed by atoms with van der Waals surface area (Å²) in [4.78, 5) is 5.85. The van der Waals surface area contributed by atoms with Gasteiger partial charge in [0, 0.05) is 31.0 Å². The summed E-state index contributed by atoms with van der Waals surface area (Å²) >= 11 is 0. The molecule has 0 fully saturated rings. The van der Waals surface area contributed by atoms with E-state index in [1.54, 1.807) is 19.2 Å². The van der Waals surface area contributed by atoms with Gasteiger partial charge in [-0.25, -0.2) is 4.98 Å². The Kier molecular flexibility index (Phi) is 4.09. The Hall–Kier alpha value is -1.33. The quantitative estimate of drug-likeness (QED) is 0.674. The van der Waals surface area contributed by atoms with Crippen molar-refractivity contribution in [3.05, 3.63) is 18.3 Å². The minimum Gasteiger partial charge on any atom is -0.387 e. The average Bonchev–Trinajstić information content (AvgIpc) is 2.13. The number of nitrogens with one attached hydrogen (secondary N) is 1. The third-order valence-electron chi connectivity index (χ3n) is 2.11. The van der Waals surface area contributed by atoms with E-state index in [0.717, 1.165) is 5.69 Å². The molecule has 0 saturated heterocycles. The zero-order chi connectivity index (χ0) is 12.2. The fourth-order valence-corrected chi connectivity index (χ4v) is 1.59. The van der Waals surface area contributed by atoms with E-state index >= 15 is 0 Å². The normalized spacial score (nSPS) is 14.8. The first kappa shape index (κ1) is 12.7. The van der Waals surface area contributed by atoms with Gasteiger partial charge in [0.1, 0.15) is 5.82 Å². The van der Waals surface area contributed by atoms with E-state index in [9.17, 15) is 5.11 Å². The number of hydrogen-bond acceptors (Lipinski definition) is 5. The van der Waals surface area contributed by atoms with Crippen molar-refractivity contribution in [2.45, 2.75) is 12.5 Å². The van der Waals surface area contributed by atoms with Gasteiger partial charge in [0.15, 0.2) is 0 Å². The Morgan fingerprint density at radius 3 is 2.81 bits per heavy atom. The summed E-state index contributed by atoms with van der Waals surface area (Å²) in [7, 11) is 3.86. The number of pyridine rings is 1. The maximum atomic E-state index is 10.1. The lowest BCUT2D eigenvalue weighted by molar-refractivity contribution is 0.0460. The molecule has 0 saturated carbocycles. The molecule has 90 valence electrons. The second-order valence-corrected chi connectivity index (χ2v) is 4.56. The number of nitrogen functional groups attached to an aromatic ring is 1. The Bertz CT molecular complexity index is 339. The molecule has 0 aliphatic rings. The molecule has 0 aliphatic carbocycles. The van der Waals surface area contributed by atoms with Gasteiger partial charge < -0.3 is 21.1 Å². The van der Waals surface area contributed by atoms with Crippen molar-refractivity contribution in [1.29, 1.82) is 0 Å².